The summed E-state index contributed by atoms with van der Waals surface area (Å²) in [5.74, 6) is -1.12. The predicted molar refractivity (Wildman–Crippen MR) is 143 cm³/mol. The molecule has 6 nitrogen and oxygen atoms in total. The Balaban J connectivity index is 1.65. The lowest BCUT2D eigenvalue weighted by molar-refractivity contribution is -0.274. The van der Waals surface area contributed by atoms with E-state index in [2.05, 4.69) is 10.1 Å². The number of halogens is 3. The van der Waals surface area contributed by atoms with E-state index < -0.39 is 28.7 Å². The summed E-state index contributed by atoms with van der Waals surface area (Å²) in [6, 6.07) is 17.0. The zero-order valence-corrected chi connectivity index (χ0v) is 22.0. The summed E-state index contributed by atoms with van der Waals surface area (Å²) < 4.78 is 44.4. The Bertz CT molecular complexity index is 1550. The molecule has 3 aromatic carbocycles. The number of hydrogen-bond acceptors (Lipinski definition) is 5. The number of aryl methyl sites for hydroxylation is 1. The monoisotopic (exact) mass is 552 g/mol. The van der Waals surface area contributed by atoms with Crippen molar-refractivity contribution in [1.82, 2.24) is 5.32 Å². The van der Waals surface area contributed by atoms with Crippen molar-refractivity contribution in [2.45, 2.75) is 39.1 Å². The number of imide groups is 1. The van der Waals surface area contributed by atoms with Gasteiger partial charge in [0.05, 0.1) is 16.9 Å². The second-order valence-electron chi connectivity index (χ2n) is 9.84. The quantitative estimate of drug-likeness (QED) is 0.356. The lowest BCUT2D eigenvalue weighted by Gasteiger charge is -2.21. The first-order chi connectivity index (χ1) is 18.3. The molecular weight excluding hydrogens is 529 g/mol. The number of rotatable bonds is 5. The van der Waals surface area contributed by atoms with Crippen molar-refractivity contribution in [3.05, 3.63) is 87.8 Å². The molecule has 0 saturated carbocycles. The molecule has 1 N–H and O–H groups in total. The smallest absolute Gasteiger partial charge is 0.405 e. The molecule has 3 amide bonds. The second-order valence-corrected chi connectivity index (χ2v) is 10.9. The van der Waals surface area contributed by atoms with Crippen LogP contribution in [0.5, 0.6) is 5.75 Å². The van der Waals surface area contributed by atoms with Gasteiger partial charge in [-0.1, -0.05) is 42.5 Å². The Morgan fingerprint density at radius 3 is 2.36 bits per heavy atom. The van der Waals surface area contributed by atoms with Crippen LogP contribution in [0.15, 0.2) is 65.6 Å². The molecule has 200 valence electrons. The molecule has 2 aliphatic rings. The maximum atomic E-state index is 13.5. The zero-order chi connectivity index (χ0) is 28.1. The summed E-state index contributed by atoms with van der Waals surface area (Å²) in [6.45, 7) is 5.72. The Hall–Kier alpha value is -4.05. The van der Waals surface area contributed by atoms with Gasteiger partial charge in [0.15, 0.2) is 0 Å². The van der Waals surface area contributed by atoms with Gasteiger partial charge in [0.1, 0.15) is 5.75 Å². The van der Waals surface area contributed by atoms with Crippen LogP contribution >= 0.6 is 11.8 Å². The van der Waals surface area contributed by atoms with Crippen LogP contribution in [0, 0.1) is 6.92 Å². The Kier molecular flexibility index (Phi) is 6.54. The number of nitrogens with zero attached hydrogens (tertiary/aromatic N) is 1. The molecule has 0 aromatic heterocycles. The van der Waals surface area contributed by atoms with Gasteiger partial charge in [-0.3, -0.25) is 19.7 Å². The summed E-state index contributed by atoms with van der Waals surface area (Å²) in [7, 11) is 0. The fourth-order valence-electron chi connectivity index (χ4n) is 4.83. The highest BCUT2D eigenvalue weighted by molar-refractivity contribution is 8.18. The molecule has 0 bridgehead atoms. The van der Waals surface area contributed by atoms with Crippen molar-refractivity contribution in [3.63, 3.8) is 0 Å². The number of thioether (sulfide) groups is 1. The molecule has 2 heterocycles. The SMILES string of the molecule is Cc1cc2c(cc1-c1cc(/C=C3\SC(=O)NC3=O)ccc1OC(F)(F)F)N(Cc1ccccc1)C(=O)C2(C)C. The highest BCUT2D eigenvalue weighted by Crippen LogP contribution is 2.47. The third-order valence-electron chi connectivity index (χ3n) is 6.73. The van der Waals surface area contributed by atoms with Crippen LogP contribution in [0.4, 0.5) is 23.7 Å². The van der Waals surface area contributed by atoms with Gasteiger partial charge < -0.3 is 9.64 Å². The molecule has 0 radical (unpaired) electrons. The van der Waals surface area contributed by atoms with E-state index in [1.165, 1.54) is 24.3 Å². The minimum absolute atomic E-state index is 0.114. The molecule has 2 aliphatic heterocycles. The topological polar surface area (TPSA) is 75.7 Å². The van der Waals surface area contributed by atoms with E-state index in [1.54, 1.807) is 17.9 Å². The minimum atomic E-state index is -4.94. The van der Waals surface area contributed by atoms with Crippen LogP contribution in [-0.4, -0.2) is 23.4 Å². The molecule has 1 fully saturated rings. The van der Waals surface area contributed by atoms with Gasteiger partial charge in [-0.25, -0.2) is 0 Å². The Labute approximate surface area is 226 Å². The normalized spacial score (nSPS) is 17.5. The van der Waals surface area contributed by atoms with E-state index in [0.29, 0.717) is 40.7 Å². The highest BCUT2D eigenvalue weighted by atomic mass is 32.2. The fraction of sp³-hybridized carbons (Fsp3) is 0.207. The molecule has 0 unspecified atom stereocenters. The average Bonchev–Trinajstić information content (AvgIpc) is 3.27. The molecule has 0 spiro atoms. The average molecular weight is 553 g/mol. The summed E-state index contributed by atoms with van der Waals surface area (Å²) >= 11 is 0.711. The first kappa shape index (κ1) is 26.6. The summed E-state index contributed by atoms with van der Waals surface area (Å²) in [5.41, 5.74) is 3.09. The molecule has 0 atom stereocenters. The van der Waals surface area contributed by atoms with E-state index in [9.17, 15) is 27.6 Å². The van der Waals surface area contributed by atoms with Crippen molar-refractivity contribution in [3.8, 4) is 16.9 Å². The molecule has 39 heavy (non-hydrogen) atoms. The third kappa shape index (κ3) is 5.16. The van der Waals surface area contributed by atoms with Gasteiger partial charge in [0.2, 0.25) is 5.91 Å². The number of carbonyl (C=O) groups is 3. The molecular formula is C29H23F3N2O4S. The third-order valence-corrected chi connectivity index (χ3v) is 7.54. The molecule has 10 heteroatoms. The molecule has 3 aromatic rings. The zero-order valence-electron chi connectivity index (χ0n) is 21.2. The molecule has 1 saturated heterocycles. The standard InChI is InChI=1S/C29H23F3N2O4S/c1-16-11-21-22(34(26(36)28(21,2)3)15-17-7-5-4-6-8-17)14-19(16)20-12-18(9-10-23(20)38-29(30,31)32)13-24-25(35)33-27(37)39-24/h4-14H,15H2,1-3H3,(H,33,35,37)/b24-13-. The van der Waals surface area contributed by atoms with Gasteiger partial charge in [-0.2, -0.15) is 0 Å². The number of benzene rings is 3. The number of hydrogen-bond donors (Lipinski definition) is 1. The Morgan fingerprint density at radius 2 is 1.72 bits per heavy atom. The number of anilines is 1. The summed E-state index contributed by atoms with van der Waals surface area (Å²) in [5, 5.41) is 1.63. The van der Waals surface area contributed by atoms with Crippen LogP contribution in [0.3, 0.4) is 0 Å². The van der Waals surface area contributed by atoms with Crippen molar-refractivity contribution in [1.29, 1.82) is 0 Å². The number of carbonyl (C=O) groups excluding carboxylic acids is 3. The van der Waals surface area contributed by atoms with Gasteiger partial charge >= 0.3 is 6.36 Å². The van der Waals surface area contributed by atoms with E-state index in [-0.39, 0.29) is 16.4 Å². The maximum Gasteiger partial charge on any atom is 0.573 e. The molecule has 5 rings (SSSR count). The summed E-state index contributed by atoms with van der Waals surface area (Å²) in [6.07, 6.45) is -3.51. The van der Waals surface area contributed by atoms with Crippen molar-refractivity contribution >= 4 is 40.6 Å². The van der Waals surface area contributed by atoms with Crippen LogP contribution in [0.1, 0.15) is 36.1 Å². The minimum Gasteiger partial charge on any atom is -0.405 e. The van der Waals surface area contributed by atoms with E-state index in [4.69, 9.17) is 0 Å². The number of alkyl halides is 3. The summed E-state index contributed by atoms with van der Waals surface area (Å²) in [4.78, 5) is 38.8. The largest absolute Gasteiger partial charge is 0.573 e. The van der Waals surface area contributed by atoms with Crippen molar-refractivity contribution in [2.75, 3.05) is 4.90 Å². The predicted octanol–water partition coefficient (Wildman–Crippen LogP) is 6.71. The van der Waals surface area contributed by atoms with Gasteiger partial charge in [-0.05, 0) is 84.6 Å². The number of nitrogens with one attached hydrogen (secondary N) is 1. The van der Waals surface area contributed by atoms with Gasteiger partial charge in [-0.15, -0.1) is 13.2 Å². The van der Waals surface area contributed by atoms with Gasteiger partial charge in [0, 0.05) is 11.3 Å². The fourth-order valence-corrected chi connectivity index (χ4v) is 5.51. The first-order valence-corrected chi connectivity index (χ1v) is 12.8. The number of amides is 3. The maximum absolute atomic E-state index is 13.5. The van der Waals surface area contributed by atoms with Gasteiger partial charge in [0.25, 0.3) is 11.1 Å². The van der Waals surface area contributed by atoms with E-state index in [1.807, 2.05) is 50.2 Å². The van der Waals surface area contributed by atoms with Crippen LogP contribution in [-0.2, 0) is 21.5 Å². The first-order valence-electron chi connectivity index (χ1n) is 12.0. The highest BCUT2D eigenvalue weighted by Gasteiger charge is 2.44. The lowest BCUT2D eigenvalue weighted by atomic mass is 9.84. The number of ether oxygens (including phenoxy) is 1. The van der Waals surface area contributed by atoms with Crippen LogP contribution < -0.4 is 15.0 Å². The van der Waals surface area contributed by atoms with Crippen molar-refractivity contribution in [2.24, 2.45) is 0 Å². The van der Waals surface area contributed by atoms with Crippen LogP contribution in [0.2, 0.25) is 0 Å². The van der Waals surface area contributed by atoms with Crippen molar-refractivity contribution < 1.29 is 32.3 Å². The van der Waals surface area contributed by atoms with E-state index in [0.717, 1.165) is 11.1 Å². The van der Waals surface area contributed by atoms with E-state index >= 15 is 0 Å². The van der Waals surface area contributed by atoms with Crippen LogP contribution in [0.25, 0.3) is 17.2 Å². The Morgan fingerprint density at radius 1 is 1.00 bits per heavy atom. The molecule has 0 aliphatic carbocycles. The second kappa shape index (κ2) is 9.60. The lowest BCUT2D eigenvalue weighted by Crippen LogP contribution is -2.35. The number of fused-ring (bicyclic) bond motifs is 1.